The summed E-state index contributed by atoms with van der Waals surface area (Å²) in [5.41, 5.74) is 5.18. The summed E-state index contributed by atoms with van der Waals surface area (Å²) in [6.07, 6.45) is 0. The van der Waals surface area contributed by atoms with E-state index in [9.17, 15) is 9.59 Å². The van der Waals surface area contributed by atoms with Gasteiger partial charge < -0.3 is 16.4 Å². The summed E-state index contributed by atoms with van der Waals surface area (Å²) in [7, 11) is 0. The fourth-order valence-corrected chi connectivity index (χ4v) is 1.24. The lowest BCUT2D eigenvalue weighted by atomic mass is 9.87. The van der Waals surface area contributed by atoms with Gasteiger partial charge in [0.25, 0.3) is 0 Å². The molecule has 0 rings (SSSR count). The van der Waals surface area contributed by atoms with E-state index in [0.717, 1.165) is 0 Å². The topological polar surface area (TPSA) is 84.2 Å². The number of hydrogen-bond donors (Lipinski definition) is 3. The molecule has 5 nitrogen and oxygen atoms in total. The summed E-state index contributed by atoms with van der Waals surface area (Å²) in [6.45, 7) is 13.0. The summed E-state index contributed by atoms with van der Waals surface area (Å²) in [5, 5.41) is 5.44. The molecule has 4 N–H and O–H groups in total. The molecule has 2 unspecified atom stereocenters. The third kappa shape index (κ3) is 6.00. The molecule has 0 aromatic rings. The Kier molecular flexibility index (Phi) is 5.35. The van der Waals surface area contributed by atoms with Crippen molar-refractivity contribution in [3.63, 3.8) is 0 Å². The quantitative estimate of drug-likeness (QED) is 0.698. The Morgan fingerprint density at radius 1 is 1.00 bits per heavy atom. The highest BCUT2D eigenvalue weighted by Gasteiger charge is 2.29. The number of nitrogens with two attached hydrogens (primary N) is 1. The van der Waals surface area contributed by atoms with Gasteiger partial charge in [-0.15, -0.1) is 0 Å². The Hall–Kier alpha value is -1.10. The minimum atomic E-state index is -0.637. The normalized spacial score (nSPS) is 15.8. The van der Waals surface area contributed by atoms with Crippen LogP contribution in [0.15, 0.2) is 0 Å². The Labute approximate surface area is 110 Å². The lowest BCUT2D eigenvalue weighted by molar-refractivity contribution is -0.131. The van der Waals surface area contributed by atoms with Gasteiger partial charge in [0.2, 0.25) is 11.8 Å². The molecule has 18 heavy (non-hydrogen) atoms. The lowest BCUT2D eigenvalue weighted by Crippen LogP contribution is -2.56. The number of rotatable bonds is 3. The molecule has 0 fully saturated rings. The van der Waals surface area contributed by atoms with Crippen molar-refractivity contribution in [2.24, 2.45) is 11.1 Å². The molecule has 0 aromatic carbocycles. The highest BCUT2D eigenvalue weighted by molar-refractivity contribution is 5.90. The smallest absolute Gasteiger partial charge is 0.242 e. The Balaban J connectivity index is 4.45. The minimum Gasteiger partial charge on any atom is -0.350 e. The minimum absolute atomic E-state index is 0.211. The van der Waals surface area contributed by atoms with E-state index in [-0.39, 0.29) is 22.8 Å². The van der Waals surface area contributed by atoms with Crippen LogP contribution in [0.2, 0.25) is 0 Å². The predicted octanol–water partition coefficient (Wildman–Crippen LogP) is 0.779. The van der Waals surface area contributed by atoms with E-state index < -0.39 is 12.1 Å². The molecule has 0 bridgehead atoms. The van der Waals surface area contributed by atoms with Gasteiger partial charge in [0.1, 0.15) is 6.04 Å². The summed E-state index contributed by atoms with van der Waals surface area (Å²) < 4.78 is 0. The molecular weight excluding hydrogens is 230 g/mol. The van der Waals surface area contributed by atoms with Crippen LogP contribution >= 0.6 is 0 Å². The van der Waals surface area contributed by atoms with Crippen LogP contribution in [0.25, 0.3) is 0 Å². The number of carbonyl (C=O) groups is 2. The fraction of sp³-hybridized carbons (Fsp3) is 0.846. The van der Waals surface area contributed by atoms with Crippen LogP contribution in [0.3, 0.4) is 0 Å². The molecule has 0 spiro atoms. The second-order valence-corrected chi connectivity index (χ2v) is 6.81. The highest BCUT2D eigenvalue weighted by atomic mass is 16.2. The molecule has 106 valence electrons. The van der Waals surface area contributed by atoms with Crippen LogP contribution < -0.4 is 16.4 Å². The maximum Gasteiger partial charge on any atom is 0.242 e. The van der Waals surface area contributed by atoms with E-state index in [1.54, 1.807) is 6.92 Å². The SMILES string of the molecule is CC(NC(=O)C(N)C(C)(C)C)C(=O)NC(C)(C)C. The summed E-state index contributed by atoms with van der Waals surface area (Å²) in [5.74, 6) is -0.518. The second kappa shape index (κ2) is 5.69. The standard InChI is InChI=1S/C13H27N3O2/c1-8(10(17)16-13(5,6)7)15-11(18)9(14)12(2,3)4/h8-9H,14H2,1-7H3,(H,15,18)(H,16,17). The van der Waals surface area contributed by atoms with E-state index in [4.69, 9.17) is 5.73 Å². The van der Waals surface area contributed by atoms with Crippen molar-refractivity contribution in [2.75, 3.05) is 0 Å². The number of carbonyl (C=O) groups excluding carboxylic acids is 2. The van der Waals surface area contributed by atoms with Crippen molar-refractivity contribution in [2.45, 2.75) is 66.1 Å². The number of nitrogens with one attached hydrogen (secondary N) is 2. The van der Waals surface area contributed by atoms with Gasteiger partial charge >= 0.3 is 0 Å². The predicted molar refractivity (Wildman–Crippen MR) is 72.9 cm³/mol. The monoisotopic (exact) mass is 257 g/mol. The van der Waals surface area contributed by atoms with E-state index in [1.807, 2.05) is 41.5 Å². The zero-order valence-electron chi connectivity index (χ0n) is 12.5. The Morgan fingerprint density at radius 3 is 1.78 bits per heavy atom. The van der Waals surface area contributed by atoms with Gasteiger partial charge in [0, 0.05) is 5.54 Å². The fourth-order valence-electron chi connectivity index (χ4n) is 1.24. The lowest BCUT2D eigenvalue weighted by Gasteiger charge is -2.28. The molecule has 2 atom stereocenters. The van der Waals surface area contributed by atoms with Gasteiger partial charge in [-0.05, 0) is 33.1 Å². The van der Waals surface area contributed by atoms with Crippen molar-refractivity contribution >= 4 is 11.8 Å². The van der Waals surface area contributed by atoms with Crippen molar-refractivity contribution in [3.05, 3.63) is 0 Å². The third-order valence-corrected chi connectivity index (χ3v) is 2.47. The molecule has 0 heterocycles. The van der Waals surface area contributed by atoms with Crippen molar-refractivity contribution < 1.29 is 9.59 Å². The number of amides is 2. The largest absolute Gasteiger partial charge is 0.350 e. The first kappa shape index (κ1) is 16.9. The molecule has 0 aromatic heterocycles. The zero-order valence-corrected chi connectivity index (χ0v) is 12.5. The first-order valence-electron chi connectivity index (χ1n) is 6.22. The molecular formula is C13H27N3O2. The van der Waals surface area contributed by atoms with E-state index in [2.05, 4.69) is 10.6 Å². The van der Waals surface area contributed by atoms with Crippen LogP contribution in [0.1, 0.15) is 48.5 Å². The van der Waals surface area contributed by atoms with Gasteiger partial charge in [-0.3, -0.25) is 9.59 Å². The van der Waals surface area contributed by atoms with E-state index in [1.165, 1.54) is 0 Å². The Bertz CT molecular complexity index is 313. The first-order valence-corrected chi connectivity index (χ1v) is 6.22. The van der Waals surface area contributed by atoms with Crippen LogP contribution in [-0.2, 0) is 9.59 Å². The molecule has 2 amide bonds. The molecule has 0 aliphatic heterocycles. The molecule has 0 aliphatic rings. The number of hydrogen-bond acceptors (Lipinski definition) is 3. The van der Waals surface area contributed by atoms with E-state index >= 15 is 0 Å². The molecule has 5 heteroatoms. The van der Waals surface area contributed by atoms with Crippen LogP contribution in [0, 0.1) is 5.41 Å². The molecule has 0 saturated carbocycles. The average molecular weight is 257 g/mol. The summed E-state index contributed by atoms with van der Waals surface area (Å²) >= 11 is 0. The molecule has 0 aliphatic carbocycles. The molecule has 0 saturated heterocycles. The van der Waals surface area contributed by atoms with Crippen molar-refractivity contribution in [1.29, 1.82) is 0 Å². The maximum atomic E-state index is 11.9. The van der Waals surface area contributed by atoms with Crippen LogP contribution in [0.4, 0.5) is 0 Å². The third-order valence-electron chi connectivity index (χ3n) is 2.47. The van der Waals surface area contributed by atoms with Gasteiger partial charge in [-0.25, -0.2) is 0 Å². The average Bonchev–Trinajstić information content (AvgIpc) is 2.12. The second-order valence-electron chi connectivity index (χ2n) is 6.81. The van der Waals surface area contributed by atoms with Crippen molar-refractivity contribution in [1.82, 2.24) is 10.6 Å². The molecule has 0 radical (unpaired) electrons. The van der Waals surface area contributed by atoms with Crippen LogP contribution in [0.5, 0.6) is 0 Å². The van der Waals surface area contributed by atoms with Gasteiger partial charge in [-0.2, -0.15) is 0 Å². The van der Waals surface area contributed by atoms with Gasteiger partial charge in [-0.1, -0.05) is 20.8 Å². The van der Waals surface area contributed by atoms with Crippen LogP contribution in [-0.4, -0.2) is 29.4 Å². The Morgan fingerprint density at radius 2 is 1.44 bits per heavy atom. The maximum absolute atomic E-state index is 11.9. The van der Waals surface area contributed by atoms with Gasteiger partial charge in [0.15, 0.2) is 0 Å². The summed E-state index contributed by atoms with van der Waals surface area (Å²) in [6, 6.07) is -1.23. The highest BCUT2D eigenvalue weighted by Crippen LogP contribution is 2.17. The first-order chi connectivity index (χ1) is 7.84. The summed E-state index contributed by atoms with van der Waals surface area (Å²) in [4.78, 5) is 23.7. The zero-order chi connectivity index (χ0) is 14.7. The van der Waals surface area contributed by atoms with E-state index in [0.29, 0.717) is 0 Å². The van der Waals surface area contributed by atoms with Gasteiger partial charge in [0.05, 0.1) is 6.04 Å². The van der Waals surface area contributed by atoms with Crippen molar-refractivity contribution in [3.8, 4) is 0 Å².